The Morgan fingerprint density at radius 3 is 2.80 bits per heavy atom. The van der Waals surface area contributed by atoms with Crippen molar-refractivity contribution >= 4 is 16.8 Å². The van der Waals surface area contributed by atoms with Crippen LogP contribution >= 0.6 is 0 Å². The number of aliphatic hydroxyl groups excluding tert-OH is 1. The first-order chi connectivity index (χ1) is 12.0. The van der Waals surface area contributed by atoms with Gasteiger partial charge in [0.15, 0.2) is 0 Å². The Kier molecular flexibility index (Phi) is 4.73. The normalized spacial score (nSPS) is 11.0. The predicted octanol–water partition coefficient (Wildman–Crippen LogP) is 2.15. The minimum atomic E-state index is -0.671. The summed E-state index contributed by atoms with van der Waals surface area (Å²) >= 11 is 0. The van der Waals surface area contributed by atoms with Crippen LogP contribution < -0.4 is 5.48 Å². The number of nitrogens with zero attached hydrogens (tertiary/aromatic N) is 2. The first kappa shape index (κ1) is 17.0. The van der Waals surface area contributed by atoms with Gasteiger partial charge in [0.05, 0.1) is 32.0 Å². The summed E-state index contributed by atoms with van der Waals surface area (Å²) in [7, 11) is 1.31. The Hall–Kier alpha value is -2.84. The summed E-state index contributed by atoms with van der Waals surface area (Å²) < 4.78 is 28.7. The molecular formula is C17H15F2N3O3. The summed E-state index contributed by atoms with van der Waals surface area (Å²) in [5.74, 6) is -1.83. The van der Waals surface area contributed by atoms with Gasteiger partial charge in [-0.25, -0.2) is 19.2 Å². The van der Waals surface area contributed by atoms with Crippen molar-refractivity contribution in [2.45, 2.75) is 13.2 Å². The minimum absolute atomic E-state index is 0.0940. The Labute approximate surface area is 141 Å². The third-order valence-corrected chi connectivity index (χ3v) is 3.81. The standard InChI is InChI=1S/C17H15F2N3O3/c1-25-21-17(24)15-5-11-4-13(9-23)22(16(11)7-20-15)8-10-2-3-12(18)6-14(10)19/h2-7,23H,8-9H2,1H3,(H,21,24). The second-order valence-corrected chi connectivity index (χ2v) is 5.38. The molecule has 0 radical (unpaired) electrons. The van der Waals surface area contributed by atoms with E-state index in [9.17, 15) is 18.7 Å². The number of pyridine rings is 1. The van der Waals surface area contributed by atoms with Gasteiger partial charge >= 0.3 is 0 Å². The summed E-state index contributed by atoms with van der Waals surface area (Å²) in [6, 6.07) is 6.56. The van der Waals surface area contributed by atoms with Crippen molar-refractivity contribution in [1.82, 2.24) is 15.0 Å². The molecule has 25 heavy (non-hydrogen) atoms. The second kappa shape index (κ2) is 6.96. The fraction of sp³-hybridized carbons (Fsp3) is 0.176. The second-order valence-electron chi connectivity index (χ2n) is 5.38. The van der Waals surface area contributed by atoms with E-state index in [1.807, 2.05) is 0 Å². The molecule has 6 nitrogen and oxygen atoms in total. The van der Waals surface area contributed by atoms with Crippen molar-refractivity contribution in [3.63, 3.8) is 0 Å². The lowest BCUT2D eigenvalue weighted by Gasteiger charge is -2.10. The molecule has 0 fully saturated rings. The van der Waals surface area contributed by atoms with Gasteiger partial charge in [-0.2, -0.15) is 0 Å². The maximum Gasteiger partial charge on any atom is 0.293 e. The van der Waals surface area contributed by atoms with Gasteiger partial charge in [-0.3, -0.25) is 9.63 Å². The number of benzene rings is 1. The van der Waals surface area contributed by atoms with Gasteiger partial charge in [0.1, 0.15) is 17.3 Å². The van der Waals surface area contributed by atoms with Gasteiger partial charge in [-0.05, 0) is 18.2 Å². The van der Waals surface area contributed by atoms with E-state index in [0.717, 1.165) is 6.07 Å². The molecule has 2 N–H and O–H groups in total. The number of rotatable bonds is 5. The molecule has 130 valence electrons. The molecule has 0 unspecified atom stereocenters. The van der Waals surface area contributed by atoms with Gasteiger partial charge in [-0.15, -0.1) is 0 Å². The lowest BCUT2D eigenvalue weighted by Crippen LogP contribution is -2.22. The monoisotopic (exact) mass is 347 g/mol. The van der Waals surface area contributed by atoms with Gasteiger partial charge in [-0.1, -0.05) is 6.07 Å². The van der Waals surface area contributed by atoms with E-state index < -0.39 is 17.5 Å². The van der Waals surface area contributed by atoms with E-state index in [-0.39, 0.29) is 24.4 Å². The molecule has 3 rings (SSSR count). The zero-order valence-corrected chi connectivity index (χ0v) is 13.3. The molecule has 0 bridgehead atoms. The van der Waals surface area contributed by atoms with Crippen molar-refractivity contribution in [3.8, 4) is 0 Å². The number of fused-ring (bicyclic) bond motifs is 1. The molecule has 1 aromatic carbocycles. The number of amides is 1. The van der Waals surface area contributed by atoms with Crippen molar-refractivity contribution in [2.75, 3.05) is 7.11 Å². The van der Waals surface area contributed by atoms with Crippen molar-refractivity contribution in [2.24, 2.45) is 0 Å². The van der Waals surface area contributed by atoms with Crippen LogP contribution in [0.1, 0.15) is 21.7 Å². The molecule has 2 heterocycles. The lowest BCUT2D eigenvalue weighted by molar-refractivity contribution is 0.0532. The lowest BCUT2D eigenvalue weighted by atomic mass is 10.2. The third kappa shape index (κ3) is 3.35. The SMILES string of the molecule is CONC(=O)c1cc2cc(CO)n(Cc3ccc(F)cc3F)c2cn1. The summed E-state index contributed by atoms with van der Waals surface area (Å²) in [5.41, 5.74) is 3.72. The maximum absolute atomic E-state index is 13.9. The van der Waals surface area contributed by atoms with Crippen LogP contribution in [-0.2, 0) is 18.0 Å². The third-order valence-electron chi connectivity index (χ3n) is 3.81. The maximum atomic E-state index is 13.9. The average molecular weight is 347 g/mol. The minimum Gasteiger partial charge on any atom is -0.390 e. The van der Waals surface area contributed by atoms with Crippen LogP contribution in [0.25, 0.3) is 10.9 Å². The molecule has 0 saturated carbocycles. The molecule has 0 saturated heterocycles. The molecule has 1 amide bonds. The Morgan fingerprint density at radius 2 is 2.12 bits per heavy atom. The van der Waals surface area contributed by atoms with Gasteiger partial charge < -0.3 is 9.67 Å². The van der Waals surface area contributed by atoms with Crippen LogP contribution in [0.5, 0.6) is 0 Å². The van der Waals surface area contributed by atoms with Crippen molar-refractivity contribution in [3.05, 3.63) is 65.1 Å². The summed E-state index contributed by atoms with van der Waals surface area (Å²) in [6.07, 6.45) is 1.46. The molecule has 8 heteroatoms. The average Bonchev–Trinajstić information content (AvgIpc) is 2.94. The van der Waals surface area contributed by atoms with Crippen LogP contribution in [-0.4, -0.2) is 27.7 Å². The number of aliphatic hydroxyl groups is 1. The number of halogens is 2. The zero-order chi connectivity index (χ0) is 18.0. The topological polar surface area (TPSA) is 76.4 Å². The largest absolute Gasteiger partial charge is 0.390 e. The fourth-order valence-electron chi connectivity index (χ4n) is 2.62. The highest BCUT2D eigenvalue weighted by Gasteiger charge is 2.14. The molecule has 0 aliphatic heterocycles. The highest BCUT2D eigenvalue weighted by atomic mass is 19.1. The molecule has 0 spiro atoms. The Morgan fingerprint density at radius 1 is 1.32 bits per heavy atom. The number of nitrogens with one attached hydrogen (secondary N) is 1. The number of hydrogen-bond acceptors (Lipinski definition) is 4. The van der Waals surface area contributed by atoms with Crippen molar-refractivity contribution < 1.29 is 23.5 Å². The summed E-state index contributed by atoms with van der Waals surface area (Å²) in [4.78, 5) is 20.4. The highest BCUT2D eigenvalue weighted by Crippen LogP contribution is 2.23. The first-order valence-corrected chi connectivity index (χ1v) is 7.39. The van der Waals surface area contributed by atoms with E-state index >= 15 is 0 Å². The number of aromatic nitrogens is 2. The summed E-state index contributed by atoms with van der Waals surface area (Å²) in [6.45, 7) is -0.187. The number of carbonyl (C=O) groups is 1. The van der Waals surface area contributed by atoms with Crippen LogP contribution in [0.3, 0.4) is 0 Å². The molecule has 0 aliphatic carbocycles. The Bertz CT molecular complexity index is 940. The van der Waals surface area contributed by atoms with E-state index in [1.165, 1.54) is 25.4 Å². The van der Waals surface area contributed by atoms with Gasteiger partial charge in [0.2, 0.25) is 0 Å². The smallest absolute Gasteiger partial charge is 0.293 e. The summed E-state index contributed by atoms with van der Waals surface area (Å²) in [5, 5.41) is 10.2. The van der Waals surface area contributed by atoms with E-state index in [0.29, 0.717) is 16.6 Å². The molecule has 2 aromatic heterocycles. The van der Waals surface area contributed by atoms with E-state index in [1.54, 1.807) is 16.7 Å². The molecule has 0 atom stereocenters. The molecular weight excluding hydrogens is 332 g/mol. The molecule has 0 aliphatic rings. The van der Waals surface area contributed by atoms with Crippen LogP contribution in [0.15, 0.2) is 36.5 Å². The molecule has 3 aromatic rings. The van der Waals surface area contributed by atoms with Crippen molar-refractivity contribution in [1.29, 1.82) is 0 Å². The van der Waals surface area contributed by atoms with E-state index in [4.69, 9.17) is 0 Å². The van der Waals surface area contributed by atoms with Crippen LogP contribution in [0, 0.1) is 11.6 Å². The predicted molar refractivity (Wildman–Crippen MR) is 85.6 cm³/mol. The fourth-order valence-corrected chi connectivity index (χ4v) is 2.62. The first-order valence-electron chi connectivity index (χ1n) is 7.39. The Balaban J connectivity index is 2.03. The van der Waals surface area contributed by atoms with Crippen LogP contribution in [0.4, 0.5) is 8.78 Å². The number of hydrogen-bond donors (Lipinski definition) is 2. The van der Waals surface area contributed by atoms with Gasteiger partial charge in [0.25, 0.3) is 5.91 Å². The number of hydroxylamine groups is 1. The van der Waals surface area contributed by atoms with Crippen LogP contribution in [0.2, 0.25) is 0 Å². The number of carbonyl (C=O) groups excluding carboxylic acids is 1. The zero-order valence-electron chi connectivity index (χ0n) is 13.3. The highest BCUT2D eigenvalue weighted by molar-refractivity contribution is 5.95. The van der Waals surface area contributed by atoms with E-state index in [2.05, 4.69) is 15.3 Å². The quantitative estimate of drug-likeness (QED) is 0.694. The van der Waals surface area contributed by atoms with Gasteiger partial charge in [0, 0.05) is 22.7 Å².